The number of amides is 1. The van der Waals surface area contributed by atoms with Gasteiger partial charge < -0.3 is 4.90 Å². The number of rotatable bonds is 5. The van der Waals surface area contributed by atoms with Crippen LogP contribution < -0.4 is 5.32 Å². The third-order valence-electron chi connectivity index (χ3n) is 3.22. The third-order valence-corrected chi connectivity index (χ3v) is 3.92. The fraction of sp³-hybridized carbons (Fsp3) is 0.583. The maximum Gasteiger partial charge on any atom is 0.324 e. The van der Waals surface area contributed by atoms with Crippen LogP contribution in [0.3, 0.4) is 0 Å². The molecule has 2 atom stereocenters. The Morgan fingerprint density at radius 1 is 1.50 bits per heavy atom. The van der Waals surface area contributed by atoms with E-state index in [-0.39, 0.29) is 0 Å². The van der Waals surface area contributed by atoms with Crippen molar-refractivity contribution in [3.8, 4) is 0 Å². The molecule has 1 aromatic heterocycles. The van der Waals surface area contributed by atoms with Crippen LogP contribution in [0.1, 0.15) is 25.1 Å². The van der Waals surface area contributed by atoms with Gasteiger partial charge in [-0.05, 0) is 28.8 Å². The zero-order valence-electron chi connectivity index (χ0n) is 10.7. The number of alkyl halides is 4. The smallest absolute Gasteiger partial charge is 0.315 e. The highest BCUT2D eigenvalue weighted by Gasteiger charge is 2.48. The molecule has 1 saturated heterocycles. The van der Waals surface area contributed by atoms with Crippen LogP contribution in [-0.4, -0.2) is 35.7 Å². The number of nitrogens with zero attached hydrogens (tertiary/aromatic N) is 1. The molecule has 0 saturated carbocycles. The van der Waals surface area contributed by atoms with Crippen molar-refractivity contribution in [1.29, 1.82) is 0 Å². The Hall–Kier alpha value is -1.15. The Morgan fingerprint density at radius 3 is 2.70 bits per heavy atom. The first kappa shape index (κ1) is 15.2. The number of carbonyl (C=O) groups is 1. The first-order valence-electron chi connectivity index (χ1n) is 6.11. The number of nitrogens with one attached hydrogen (secondary N) is 1. The lowest BCUT2D eigenvalue weighted by Crippen LogP contribution is -2.44. The van der Waals surface area contributed by atoms with E-state index < -0.39 is 37.0 Å². The van der Waals surface area contributed by atoms with Crippen LogP contribution in [0.4, 0.5) is 17.6 Å². The van der Waals surface area contributed by atoms with E-state index >= 15 is 0 Å². The van der Waals surface area contributed by atoms with Gasteiger partial charge in [-0.15, -0.1) is 0 Å². The zero-order valence-corrected chi connectivity index (χ0v) is 11.5. The van der Waals surface area contributed by atoms with Gasteiger partial charge in [0.25, 0.3) is 0 Å². The molecule has 0 radical (unpaired) electrons. The van der Waals surface area contributed by atoms with Gasteiger partial charge in [-0.2, -0.15) is 20.1 Å². The molecule has 1 aliphatic rings. The minimum absolute atomic E-state index is 0.413. The third kappa shape index (κ3) is 2.80. The number of halogens is 4. The summed E-state index contributed by atoms with van der Waals surface area (Å²) in [5, 5.41) is 6.35. The van der Waals surface area contributed by atoms with E-state index in [2.05, 4.69) is 5.32 Å². The Morgan fingerprint density at radius 2 is 2.20 bits per heavy atom. The molecule has 1 aromatic rings. The summed E-state index contributed by atoms with van der Waals surface area (Å²) in [6, 6.07) is 1.06. The van der Waals surface area contributed by atoms with E-state index in [1.807, 2.05) is 0 Å². The number of carbonyl (C=O) groups excluding carboxylic acids is 1. The highest BCUT2D eigenvalue weighted by Crippen LogP contribution is 2.32. The lowest BCUT2D eigenvalue weighted by atomic mass is 10.2. The van der Waals surface area contributed by atoms with Crippen LogP contribution in [0.25, 0.3) is 0 Å². The highest BCUT2D eigenvalue weighted by molar-refractivity contribution is 7.07. The predicted octanol–water partition coefficient (Wildman–Crippen LogP) is 2.86. The average Bonchev–Trinajstić information content (AvgIpc) is 2.99. The molecule has 1 N–H and O–H groups in total. The highest BCUT2D eigenvalue weighted by atomic mass is 32.1. The molecule has 0 spiro atoms. The van der Waals surface area contributed by atoms with Crippen LogP contribution in [0.5, 0.6) is 0 Å². The standard InChI is InChI=1S/C12H14F4N2OS/c1-2-8-10(19)18(6-12(15,16)11(13)14)9(17-8)7-3-4-20-5-7/h3-5,8-9,11,17H,2,6H2,1H3. The Labute approximate surface area is 117 Å². The molecule has 0 aromatic carbocycles. The van der Waals surface area contributed by atoms with Gasteiger partial charge >= 0.3 is 12.3 Å². The molecule has 8 heteroatoms. The second kappa shape index (κ2) is 5.69. The molecule has 112 valence electrons. The molecular formula is C12H14F4N2OS. The zero-order chi connectivity index (χ0) is 14.9. The normalized spacial score (nSPS) is 23.9. The maximum absolute atomic E-state index is 13.2. The molecule has 0 aliphatic carbocycles. The molecule has 3 nitrogen and oxygen atoms in total. The Kier molecular flexibility index (Phi) is 4.33. The fourth-order valence-corrected chi connectivity index (χ4v) is 2.82. The van der Waals surface area contributed by atoms with E-state index in [4.69, 9.17) is 0 Å². The summed E-state index contributed by atoms with van der Waals surface area (Å²) in [7, 11) is 0. The van der Waals surface area contributed by atoms with Gasteiger partial charge in [-0.3, -0.25) is 10.1 Å². The predicted molar refractivity (Wildman–Crippen MR) is 66.9 cm³/mol. The minimum Gasteiger partial charge on any atom is -0.315 e. The lowest BCUT2D eigenvalue weighted by molar-refractivity contribution is -0.157. The van der Waals surface area contributed by atoms with E-state index in [0.717, 1.165) is 4.90 Å². The van der Waals surface area contributed by atoms with Crippen LogP contribution in [0.15, 0.2) is 16.8 Å². The molecule has 2 heterocycles. The summed E-state index contributed by atoms with van der Waals surface area (Å²) in [5.74, 6) is -4.78. The average molecular weight is 310 g/mol. The van der Waals surface area contributed by atoms with Crippen molar-refractivity contribution in [3.05, 3.63) is 22.4 Å². The van der Waals surface area contributed by atoms with Crippen molar-refractivity contribution >= 4 is 17.2 Å². The summed E-state index contributed by atoms with van der Waals surface area (Å²) in [6.45, 7) is 0.447. The Balaban J connectivity index is 2.24. The molecule has 2 rings (SSSR count). The maximum atomic E-state index is 13.2. The van der Waals surface area contributed by atoms with Crippen molar-refractivity contribution < 1.29 is 22.4 Å². The number of thiophene rings is 1. The molecule has 0 bridgehead atoms. The molecule has 1 fully saturated rings. The van der Waals surface area contributed by atoms with Crippen LogP contribution in [-0.2, 0) is 4.79 Å². The van der Waals surface area contributed by atoms with Crippen molar-refractivity contribution in [2.75, 3.05) is 6.54 Å². The second-order valence-electron chi connectivity index (χ2n) is 4.61. The van der Waals surface area contributed by atoms with E-state index in [0.29, 0.717) is 12.0 Å². The van der Waals surface area contributed by atoms with E-state index in [1.165, 1.54) is 11.3 Å². The summed E-state index contributed by atoms with van der Waals surface area (Å²) >= 11 is 1.35. The molecule has 1 aliphatic heterocycles. The van der Waals surface area contributed by atoms with Gasteiger partial charge in [0.05, 0.1) is 12.6 Å². The van der Waals surface area contributed by atoms with Crippen molar-refractivity contribution in [3.63, 3.8) is 0 Å². The van der Waals surface area contributed by atoms with Crippen LogP contribution in [0.2, 0.25) is 0 Å². The summed E-state index contributed by atoms with van der Waals surface area (Å²) in [5.41, 5.74) is 0.629. The fourth-order valence-electron chi connectivity index (χ4n) is 2.14. The monoisotopic (exact) mass is 310 g/mol. The second-order valence-corrected chi connectivity index (χ2v) is 5.39. The number of hydrogen-bond acceptors (Lipinski definition) is 3. The minimum atomic E-state index is -4.21. The van der Waals surface area contributed by atoms with Gasteiger partial charge in [-0.1, -0.05) is 6.92 Å². The largest absolute Gasteiger partial charge is 0.324 e. The molecule has 20 heavy (non-hydrogen) atoms. The summed E-state index contributed by atoms with van der Waals surface area (Å²) in [6.07, 6.45) is -4.15. The van der Waals surface area contributed by atoms with Crippen LogP contribution >= 0.6 is 11.3 Å². The van der Waals surface area contributed by atoms with Crippen molar-refractivity contribution in [2.45, 2.75) is 37.9 Å². The van der Waals surface area contributed by atoms with Gasteiger partial charge in [0.15, 0.2) is 0 Å². The van der Waals surface area contributed by atoms with Gasteiger partial charge in [0, 0.05) is 0 Å². The first-order chi connectivity index (χ1) is 9.36. The van der Waals surface area contributed by atoms with E-state index in [1.54, 1.807) is 23.8 Å². The van der Waals surface area contributed by atoms with Crippen molar-refractivity contribution in [1.82, 2.24) is 10.2 Å². The first-order valence-corrected chi connectivity index (χ1v) is 7.05. The summed E-state index contributed by atoms with van der Waals surface area (Å²) in [4.78, 5) is 12.8. The SMILES string of the molecule is CCC1NC(c2ccsc2)N(CC(F)(F)C(F)F)C1=O. The van der Waals surface area contributed by atoms with Crippen molar-refractivity contribution in [2.24, 2.45) is 0 Å². The molecule has 1 amide bonds. The Bertz CT molecular complexity index is 466. The lowest BCUT2D eigenvalue weighted by Gasteiger charge is -2.27. The molecular weight excluding hydrogens is 296 g/mol. The van der Waals surface area contributed by atoms with Gasteiger partial charge in [-0.25, -0.2) is 8.78 Å². The quantitative estimate of drug-likeness (QED) is 0.848. The van der Waals surface area contributed by atoms with Gasteiger partial charge in [0.2, 0.25) is 5.91 Å². The summed E-state index contributed by atoms with van der Waals surface area (Å²) < 4.78 is 51.2. The topological polar surface area (TPSA) is 32.3 Å². The molecule has 2 unspecified atom stereocenters. The van der Waals surface area contributed by atoms with E-state index in [9.17, 15) is 22.4 Å². The number of hydrogen-bond donors (Lipinski definition) is 1. The van der Waals surface area contributed by atoms with Crippen LogP contribution in [0, 0.1) is 0 Å². The van der Waals surface area contributed by atoms with Gasteiger partial charge in [0.1, 0.15) is 6.17 Å².